The van der Waals surface area contributed by atoms with E-state index in [1.54, 1.807) is 0 Å². The minimum absolute atomic E-state index is 0. The van der Waals surface area contributed by atoms with Gasteiger partial charge in [0.25, 0.3) is 0 Å². The van der Waals surface area contributed by atoms with Gasteiger partial charge in [0, 0.05) is 25.2 Å². The van der Waals surface area contributed by atoms with Crippen LogP contribution < -0.4 is 5.32 Å². The molecule has 1 N–H and O–H groups in total. The van der Waals surface area contributed by atoms with Gasteiger partial charge >= 0.3 is 0 Å². The van der Waals surface area contributed by atoms with Crippen LogP contribution in [-0.2, 0) is 6.42 Å². The van der Waals surface area contributed by atoms with Crippen LogP contribution in [0.5, 0.6) is 0 Å². The van der Waals surface area contributed by atoms with Crippen LogP contribution in [0.1, 0.15) is 11.1 Å². The standard InChI is InChI=1S/C13H19N3.ClH/c1-16(2)10-9-15-13-12-6-4-3-5-11(12)7-8-14-13;/h3-6H,7-10H2,1-2H3,(H,14,15);1H. The molecule has 0 spiro atoms. The summed E-state index contributed by atoms with van der Waals surface area (Å²) in [5.74, 6) is 1.06. The van der Waals surface area contributed by atoms with E-state index < -0.39 is 0 Å². The number of rotatable bonds is 3. The summed E-state index contributed by atoms with van der Waals surface area (Å²) in [6, 6.07) is 8.52. The lowest BCUT2D eigenvalue weighted by atomic mass is 10.0. The molecule has 3 nitrogen and oxygen atoms in total. The molecule has 1 aliphatic rings. The summed E-state index contributed by atoms with van der Waals surface area (Å²) in [6.07, 6.45) is 1.06. The van der Waals surface area contributed by atoms with E-state index in [0.717, 1.165) is 31.9 Å². The molecule has 4 heteroatoms. The smallest absolute Gasteiger partial charge is 0.128 e. The Balaban J connectivity index is 0.00000144. The lowest BCUT2D eigenvalue weighted by Gasteiger charge is -2.19. The minimum Gasteiger partial charge on any atom is -0.369 e. The largest absolute Gasteiger partial charge is 0.369 e. The van der Waals surface area contributed by atoms with Crippen molar-refractivity contribution in [2.45, 2.75) is 6.42 Å². The van der Waals surface area contributed by atoms with Crippen LogP contribution in [0.15, 0.2) is 29.3 Å². The van der Waals surface area contributed by atoms with Crippen molar-refractivity contribution in [3.8, 4) is 0 Å². The highest BCUT2D eigenvalue weighted by Gasteiger charge is 2.12. The van der Waals surface area contributed by atoms with Gasteiger partial charge in [-0.25, -0.2) is 0 Å². The predicted octanol–water partition coefficient (Wildman–Crippen LogP) is 1.56. The van der Waals surface area contributed by atoms with Crippen molar-refractivity contribution in [2.75, 3.05) is 33.7 Å². The van der Waals surface area contributed by atoms with Gasteiger partial charge in [0.05, 0.1) is 0 Å². The molecule has 1 aromatic rings. The maximum absolute atomic E-state index is 4.55. The second-order valence-electron chi connectivity index (χ2n) is 4.37. The second kappa shape index (κ2) is 6.62. The summed E-state index contributed by atoms with van der Waals surface area (Å²) >= 11 is 0. The van der Waals surface area contributed by atoms with Gasteiger partial charge in [-0.05, 0) is 26.1 Å². The maximum atomic E-state index is 4.55. The van der Waals surface area contributed by atoms with Gasteiger partial charge in [-0.3, -0.25) is 4.99 Å². The molecule has 94 valence electrons. The van der Waals surface area contributed by atoms with Gasteiger partial charge in [-0.2, -0.15) is 0 Å². The normalized spacial score (nSPS) is 13.7. The lowest BCUT2D eigenvalue weighted by Crippen LogP contribution is -2.34. The number of fused-ring (bicyclic) bond motifs is 1. The van der Waals surface area contributed by atoms with Crippen molar-refractivity contribution in [1.82, 2.24) is 10.2 Å². The maximum Gasteiger partial charge on any atom is 0.128 e. The highest BCUT2D eigenvalue weighted by atomic mass is 35.5. The zero-order valence-electron chi connectivity index (χ0n) is 10.4. The summed E-state index contributed by atoms with van der Waals surface area (Å²) in [5.41, 5.74) is 2.68. The van der Waals surface area contributed by atoms with Crippen molar-refractivity contribution < 1.29 is 0 Å². The molecular formula is C13H20ClN3. The number of amidine groups is 1. The molecule has 17 heavy (non-hydrogen) atoms. The molecular weight excluding hydrogens is 234 g/mol. The molecule has 0 radical (unpaired) electrons. The molecule has 1 aromatic carbocycles. The van der Waals surface area contributed by atoms with Gasteiger partial charge in [0.15, 0.2) is 0 Å². The van der Waals surface area contributed by atoms with Gasteiger partial charge in [0.2, 0.25) is 0 Å². The minimum atomic E-state index is 0. The number of likely N-dealkylation sites (N-methyl/N-ethyl adjacent to an activating group) is 1. The zero-order chi connectivity index (χ0) is 11.4. The Bertz CT molecular complexity index is 388. The summed E-state index contributed by atoms with van der Waals surface area (Å²) in [5, 5.41) is 3.42. The van der Waals surface area contributed by atoms with Crippen LogP contribution in [-0.4, -0.2) is 44.5 Å². The Labute approximate surface area is 109 Å². The first-order valence-corrected chi connectivity index (χ1v) is 5.78. The third kappa shape index (κ3) is 3.72. The third-order valence-electron chi connectivity index (χ3n) is 2.78. The molecule has 0 atom stereocenters. The van der Waals surface area contributed by atoms with E-state index in [1.807, 2.05) is 0 Å². The van der Waals surface area contributed by atoms with E-state index in [1.165, 1.54) is 11.1 Å². The molecule has 0 aliphatic carbocycles. The van der Waals surface area contributed by atoms with Gasteiger partial charge in [-0.15, -0.1) is 12.4 Å². The Morgan fingerprint density at radius 3 is 2.82 bits per heavy atom. The van der Waals surface area contributed by atoms with Crippen LogP contribution in [0, 0.1) is 0 Å². The van der Waals surface area contributed by atoms with Crippen LogP contribution >= 0.6 is 12.4 Å². The van der Waals surface area contributed by atoms with E-state index in [9.17, 15) is 0 Å². The lowest BCUT2D eigenvalue weighted by molar-refractivity contribution is 0.412. The van der Waals surface area contributed by atoms with Crippen molar-refractivity contribution in [2.24, 2.45) is 4.99 Å². The molecule has 0 fully saturated rings. The first kappa shape index (κ1) is 14.0. The fraction of sp³-hybridized carbons (Fsp3) is 0.462. The third-order valence-corrected chi connectivity index (χ3v) is 2.78. The number of hydrogen-bond donors (Lipinski definition) is 1. The van der Waals surface area contributed by atoms with Crippen molar-refractivity contribution >= 4 is 18.2 Å². The monoisotopic (exact) mass is 253 g/mol. The molecule has 0 saturated carbocycles. The Hall–Kier alpha value is -1.06. The Morgan fingerprint density at radius 2 is 2.06 bits per heavy atom. The summed E-state index contributed by atoms with van der Waals surface area (Å²) in [7, 11) is 4.16. The summed E-state index contributed by atoms with van der Waals surface area (Å²) < 4.78 is 0. The number of nitrogens with one attached hydrogen (secondary N) is 1. The number of halogens is 1. The summed E-state index contributed by atoms with van der Waals surface area (Å²) in [6.45, 7) is 2.88. The average Bonchev–Trinajstić information content (AvgIpc) is 2.29. The number of benzene rings is 1. The zero-order valence-corrected chi connectivity index (χ0v) is 11.3. The van der Waals surface area contributed by atoms with E-state index in [0.29, 0.717) is 0 Å². The topological polar surface area (TPSA) is 27.6 Å². The quantitative estimate of drug-likeness (QED) is 0.886. The molecule has 0 saturated heterocycles. The van der Waals surface area contributed by atoms with Crippen molar-refractivity contribution in [3.63, 3.8) is 0 Å². The van der Waals surface area contributed by atoms with E-state index in [2.05, 4.69) is 53.6 Å². The van der Waals surface area contributed by atoms with Crippen LogP contribution in [0.3, 0.4) is 0 Å². The number of nitrogens with zero attached hydrogens (tertiary/aromatic N) is 2. The number of hydrogen-bond acceptors (Lipinski definition) is 3. The van der Waals surface area contributed by atoms with E-state index in [4.69, 9.17) is 0 Å². The predicted molar refractivity (Wildman–Crippen MR) is 75.4 cm³/mol. The van der Waals surface area contributed by atoms with Crippen LogP contribution in [0.2, 0.25) is 0 Å². The Kier molecular flexibility index (Phi) is 5.45. The Morgan fingerprint density at radius 1 is 1.29 bits per heavy atom. The van der Waals surface area contributed by atoms with Gasteiger partial charge < -0.3 is 10.2 Å². The van der Waals surface area contributed by atoms with Crippen molar-refractivity contribution in [1.29, 1.82) is 0 Å². The van der Waals surface area contributed by atoms with Gasteiger partial charge in [0.1, 0.15) is 5.84 Å². The number of aliphatic imine (C=N–C) groups is 1. The fourth-order valence-electron chi connectivity index (χ4n) is 1.89. The molecule has 2 rings (SSSR count). The van der Waals surface area contributed by atoms with E-state index >= 15 is 0 Å². The van der Waals surface area contributed by atoms with Crippen LogP contribution in [0.4, 0.5) is 0 Å². The first-order chi connectivity index (χ1) is 7.77. The summed E-state index contributed by atoms with van der Waals surface area (Å²) in [4.78, 5) is 6.72. The molecule has 1 aliphatic heterocycles. The van der Waals surface area contributed by atoms with Crippen molar-refractivity contribution in [3.05, 3.63) is 35.4 Å². The molecule has 1 heterocycles. The fourth-order valence-corrected chi connectivity index (χ4v) is 1.89. The molecule has 0 bridgehead atoms. The second-order valence-corrected chi connectivity index (χ2v) is 4.37. The first-order valence-electron chi connectivity index (χ1n) is 5.78. The molecule has 0 amide bonds. The van der Waals surface area contributed by atoms with E-state index in [-0.39, 0.29) is 12.4 Å². The highest BCUT2D eigenvalue weighted by Crippen LogP contribution is 2.14. The molecule has 0 unspecified atom stereocenters. The average molecular weight is 254 g/mol. The molecule has 0 aromatic heterocycles. The highest BCUT2D eigenvalue weighted by molar-refractivity contribution is 6.00. The SMILES string of the molecule is CN(C)CCNC1=NCCc2ccccc21.Cl. The van der Waals surface area contributed by atoms with Crippen LogP contribution in [0.25, 0.3) is 0 Å². The van der Waals surface area contributed by atoms with Gasteiger partial charge in [-0.1, -0.05) is 24.3 Å².